The second-order valence-electron chi connectivity index (χ2n) is 7.09. The van der Waals surface area contributed by atoms with E-state index in [0.717, 1.165) is 57.4 Å². The zero-order chi connectivity index (χ0) is 18.4. The van der Waals surface area contributed by atoms with E-state index in [-0.39, 0.29) is 5.91 Å². The van der Waals surface area contributed by atoms with Crippen LogP contribution in [0.25, 0.3) is 0 Å². The summed E-state index contributed by atoms with van der Waals surface area (Å²) in [6, 6.07) is 7.04. The highest BCUT2D eigenvalue weighted by atomic mass is 32.2. The van der Waals surface area contributed by atoms with Crippen molar-refractivity contribution in [2.45, 2.75) is 43.4 Å². The number of piperidine rings is 1. The van der Waals surface area contributed by atoms with Crippen LogP contribution in [0.4, 0.5) is 0 Å². The minimum atomic E-state index is -3.38. The average molecular weight is 380 g/mol. The number of carbonyl (C=O) groups excluding carboxylic acids is 1. The zero-order valence-corrected chi connectivity index (χ0v) is 16.1. The third-order valence-corrected chi connectivity index (χ3v) is 7.11. The summed E-state index contributed by atoms with van der Waals surface area (Å²) in [6.45, 7) is 4.64. The van der Waals surface area contributed by atoms with Crippen molar-refractivity contribution in [1.82, 2.24) is 14.5 Å². The number of nitrogens with one attached hydrogen (secondary N) is 1. The molecule has 0 spiro atoms. The summed E-state index contributed by atoms with van der Waals surface area (Å²) in [7, 11) is -3.38. The van der Waals surface area contributed by atoms with Crippen molar-refractivity contribution >= 4 is 15.9 Å². The van der Waals surface area contributed by atoms with Gasteiger partial charge >= 0.3 is 0 Å². The summed E-state index contributed by atoms with van der Waals surface area (Å²) < 4.78 is 26.9. The standard InChI is InChI=1S/C19H29N3O3S/c23-19(21-13-4-11-20-12-16-21)10-7-17-5-8-18(9-6-17)26(24,25)22-14-2-1-3-15-22/h5-6,8-9,20H,1-4,7,10-16H2. The molecule has 6 nitrogen and oxygen atoms in total. The fraction of sp³-hybridized carbons (Fsp3) is 0.632. The van der Waals surface area contributed by atoms with Crippen LogP contribution in [0.5, 0.6) is 0 Å². The number of benzene rings is 1. The van der Waals surface area contributed by atoms with Crippen LogP contribution in [0.1, 0.15) is 37.7 Å². The van der Waals surface area contributed by atoms with Gasteiger partial charge in [0.25, 0.3) is 0 Å². The van der Waals surface area contributed by atoms with Crippen LogP contribution in [0, 0.1) is 0 Å². The quantitative estimate of drug-likeness (QED) is 0.844. The SMILES string of the molecule is O=C(CCc1ccc(S(=O)(=O)N2CCCCC2)cc1)N1CCCNCC1. The van der Waals surface area contributed by atoms with Crippen LogP contribution in [0.15, 0.2) is 29.2 Å². The summed E-state index contributed by atoms with van der Waals surface area (Å²) in [5.74, 6) is 0.179. The van der Waals surface area contributed by atoms with Crippen LogP contribution >= 0.6 is 0 Å². The van der Waals surface area contributed by atoms with E-state index in [1.54, 1.807) is 16.4 Å². The smallest absolute Gasteiger partial charge is 0.243 e. The molecule has 7 heteroatoms. The van der Waals surface area contributed by atoms with Crippen molar-refractivity contribution in [3.05, 3.63) is 29.8 Å². The van der Waals surface area contributed by atoms with Crippen molar-refractivity contribution in [1.29, 1.82) is 0 Å². The second-order valence-corrected chi connectivity index (χ2v) is 9.03. The maximum atomic E-state index is 12.7. The van der Waals surface area contributed by atoms with Gasteiger partial charge in [-0.25, -0.2) is 8.42 Å². The normalized spacial score (nSPS) is 19.9. The molecule has 3 rings (SSSR count). The number of carbonyl (C=O) groups is 1. The fourth-order valence-electron chi connectivity index (χ4n) is 3.59. The van der Waals surface area contributed by atoms with E-state index < -0.39 is 10.0 Å². The van der Waals surface area contributed by atoms with Crippen LogP contribution in [-0.2, 0) is 21.2 Å². The molecule has 0 unspecified atom stereocenters. The van der Waals surface area contributed by atoms with Crippen LogP contribution in [0.3, 0.4) is 0 Å². The van der Waals surface area contributed by atoms with Gasteiger partial charge in [-0.3, -0.25) is 4.79 Å². The highest BCUT2D eigenvalue weighted by Gasteiger charge is 2.25. The van der Waals surface area contributed by atoms with E-state index in [0.29, 0.717) is 30.8 Å². The predicted molar refractivity (Wildman–Crippen MR) is 101 cm³/mol. The first kappa shape index (κ1) is 19.3. The van der Waals surface area contributed by atoms with Crippen molar-refractivity contribution in [2.24, 2.45) is 0 Å². The Balaban J connectivity index is 1.56. The maximum absolute atomic E-state index is 12.7. The molecular formula is C19H29N3O3S. The summed E-state index contributed by atoms with van der Waals surface area (Å²) in [5, 5.41) is 3.30. The van der Waals surface area contributed by atoms with Crippen LogP contribution < -0.4 is 5.32 Å². The third kappa shape index (κ3) is 4.84. The molecule has 1 aromatic rings. The monoisotopic (exact) mass is 379 g/mol. The Labute approximate surface area is 156 Å². The summed E-state index contributed by atoms with van der Waals surface area (Å²) in [5.41, 5.74) is 1.00. The highest BCUT2D eigenvalue weighted by Crippen LogP contribution is 2.21. The molecule has 2 saturated heterocycles. The Kier molecular flexibility index (Phi) is 6.67. The lowest BCUT2D eigenvalue weighted by Crippen LogP contribution is -2.35. The largest absolute Gasteiger partial charge is 0.341 e. The summed E-state index contributed by atoms with van der Waals surface area (Å²) in [6.07, 6.45) is 5.09. The number of nitrogens with zero attached hydrogens (tertiary/aromatic N) is 2. The number of hydrogen-bond donors (Lipinski definition) is 1. The van der Waals surface area contributed by atoms with Gasteiger partial charge in [0, 0.05) is 39.1 Å². The topological polar surface area (TPSA) is 69.7 Å². The molecule has 0 atom stereocenters. The summed E-state index contributed by atoms with van der Waals surface area (Å²) in [4.78, 5) is 14.6. The number of aryl methyl sites for hydroxylation is 1. The molecule has 2 aliphatic heterocycles. The number of rotatable bonds is 5. The van der Waals surface area contributed by atoms with Gasteiger partial charge in [0.2, 0.25) is 15.9 Å². The highest BCUT2D eigenvalue weighted by molar-refractivity contribution is 7.89. The van der Waals surface area contributed by atoms with E-state index in [1.807, 2.05) is 17.0 Å². The zero-order valence-electron chi connectivity index (χ0n) is 15.3. The Morgan fingerprint density at radius 1 is 0.923 bits per heavy atom. The Bertz CT molecular complexity index is 689. The Morgan fingerprint density at radius 2 is 1.65 bits per heavy atom. The maximum Gasteiger partial charge on any atom is 0.243 e. The van der Waals surface area contributed by atoms with Gasteiger partial charge in [-0.05, 0) is 49.9 Å². The number of amides is 1. The molecule has 0 bridgehead atoms. The van der Waals surface area contributed by atoms with Gasteiger partial charge in [-0.15, -0.1) is 0 Å². The van der Waals surface area contributed by atoms with Gasteiger partial charge in [-0.2, -0.15) is 4.31 Å². The number of hydrogen-bond acceptors (Lipinski definition) is 4. The Morgan fingerprint density at radius 3 is 2.38 bits per heavy atom. The van der Waals surface area contributed by atoms with E-state index in [9.17, 15) is 13.2 Å². The van der Waals surface area contributed by atoms with Crippen molar-refractivity contribution in [3.63, 3.8) is 0 Å². The Hall–Kier alpha value is -1.44. The van der Waals surface area contributed by atoms with Gasteiger partial charge in [-0.1, -0.05) is 18.6 Å². The van der Waals surface area contributed by atoms with Gasteiger partial charge in [0.1, 0.15) is 0 Å². The average Bonchev–Trinajstić information content (AvgIpc) is 2.97. The molecule has 1 amide bonds. The van der Waals surface area contributed by atoms with Gasteiger partial charge < -0.3 is 10.2 Å². The van der Waals surface area contributed by atoms with E-state index in [4.69, 9.17) is 0 Å². The minimum absolute atomic E-state index is 0.179. The predicted octanol–water partition coefficient (Wildman–Crippen LogP) is 1.62. The fourth-order valence-corrected chi connectivity index (χ4v) is 5.10. The van der Waals surface area contributed by atoms with Crippen LogP contribution in [0.2, 0.25) is 0 Å². The molecule has 0 radical (unpaired) electrons. The first-order chi connectivity index (χ1) is 12.6. The molecular weight excluding hydrogens is 350 g/mol. The molecule has 0 aliphatic carbocycles. The summed E-state index contributed by atoms with van der Waals surface area (Å²) >= 11 is 0. The minimum Gasteiger partial charge on any atom is -0.341 e. The van der Waals surface area contributed by atoms with E-state index in [1.165, 1.54) is 0 Å². The van der Waals surface area contributed by atoms with Crippen molar-refractivity contribution in [2.75, 3.05) is 39.3 Å². The molecule has 1 N–H and O–H groups in total. The lowest BCUT2D eigenvalue weighted by molar-refractivity contribution is -0.130. The molecule has 0 saturated carbocycles. The van der Waals surface area contributed by atoms with E-state index >= 15 is 0 Å². The molecule has 2 aliphatic rings. The van der Waals surface area contributed by atoms with E-state index in [2.05, 4.69) is 5.32 Å². The second kappa shape index (κ2) is 8.97. The lowest BCUT2D eigenvalue weighted by atomic mass is 10.1. The molecule has 2 fully saturated rings. The third-order valence-electron chi connectivity index (χ3n) is 5.20. The molecule has 2 heterocycles. The molecule has 26 heavy (non-hydrogen) atoms. The van der Waals surface area contributed by atoms with Gasteiger partial charge in [0.15, 0.2) is 0 Å². The van der Waals surface area contributed by atoms with Crippen LogP contribution in [-0.4, -0.2) is 62.8 Å². The molecule has 0 aromatic heterocycles. The van der Waals surface area contributed by atoms with Crippen molar-refractivity contribution < 1.29 is 13.2 Å². The number of sulfonamides is 1. The van der Waals surface area contributed by atoms with Gasteiger partial charge in [0.05, 0.1) is 4.90 Å². The first-order valence-corrected chi connectivity index (χ1v) is 11.1. The lowest BCUT2D eigenvalue weighted by Gasteiger charge is -2.25. The molecule has 144 valence electrons. The molecule has 1 aromatic carbocycles. The van der Waals surface area contributed by atoms with Crippen molar-refractivity contribution in [3.8, 4) is 0 Å². The first-order valence-electron chi connectivity index (χ1n) is 9.65.